The van der Waals surface area contributed by atoms with Crippen LogP contribution in [0.4, 0.5) is 10.9 Å². The van der Waals surface area contributed by atoms with E-state index in [1.54, 1.807) is 17.5 Å². The van der Waals surface area contributed by atoms with E-state index < -0.39 is 0 Å². The first-order valence-corrected chi connectivity index (χ1v) is 9.12. The lowest BCUT2D eigenvalue weighted by atomic mass is 9.94. The number of rotatable bonds is 5. The minimum Gasteiger partial charge on any atom is -0.313 e. The number of nitrogens with one attached hydrogen (secondary N) is 1. The zero-order valence-electron chi connectivity index (χ0n) is 14.0. The molecule has 0 aliphatic carbocycles. The van der Waals surface area contributed by atoms with Crippen LogP contribution in [0.5, 0.6) is 0 Å². The Morgan fingerprint density at radius 3 is 2.83 bits per heavy atom. The Balaban J connectivity index is 1.64. The highest BCUT2D eigenvalue weighted by molar-refractivity contribution is 7.15. The third-order valence-electron chi connectivity index (χ3n) is 4.28. The molecule has 0 spiro atoms. The molecule has 1 atom stereocenters. The van der Waals surface area contributed by atoms with E-state index in [-0.39, 0.29) is 0 Å². The minimum absolute atomic E-state index is 0.487. The first-order chi connectivity index (χ1) is 11.2. The molecule has 1 fully saturated rings. The average molecular weight is 332 g/mol. The predicted molar refractivity (Wildman–Crippen MR) is 93.3 cm³/mol. The van der Waals surface area contributed by atoms with Crippen LogP contribution in [0.3, 0.4) is 0 Å². The van der Waals surface area contributed by atoms with Gasteiger partial charge in [-0.3, -0.25) is 4.98 Å². The molecule has 0 saturated carbocycles. The Hall–Kier alpha value is -1.60. The number of hydrogen-bond acceptors (Lipinski definition) is 7. The number of likely N-dealkylation sites (tertiary alicyclic amines) is 1. The molecular formula is C16H24N6S. The summed E-state index contributed by atoms with van der Waals surface area (Å²) in [5.74, 6) is 1.21. The number of anilines is 2. The monoisotopic (exact) mass is 332 g/mol. The van der Waals surface area contributed by atoms with Crippen molar-refractivity contribution in [1.82, 2.24) is 25.1 Å². The Morgan fingerprint density at radius 2 is 2.17 bits per heavy atom. The van der Waals surface area contributed by atoms with Crippen LogP contribution < -0.4 is 5.32 Å². The molecule has 2 aromatic rings. The van der Waals surface area contributed by atoms with Crippen LogP contribution in [0.2, 0.25) is 0 Å². The van der Waals surface area contributed by atoms with Gasteiger partial charge in [-0.15, -0.1) is 10.2 Å². The van der Waals surface area contributed by atoms with Gasteiger partial charge >= 0.3 is 0 Å². The zero-order chi connectivity index (χ0) is 16.2. The Labute approximate surface area is 141 Å². The molecule has 23 heavy (non-hydrogen) atoms. The largest absolute Gasteiger partial charge is 0.313 e. The van der Waals surface area contributed by atoms with Gasteiger partial charge in [0.1, 0.15) is 5.01 Å². The third-order valence-corrected chi connectivity index (χ3v) is 5.26. The summed E-state index contributed by atoms with van der Waals surface area (Å²) in [6, 6.07) is 0.594. The summed E-state index contributed by atoms with van der Waals surface area (Å²) in [4.78, 5) is 11.6. The summed E-state index contributed by atoms with van der Waals surface area (Å²) in [6.07, 6.45) is 7.03. The van der Waals surface area contributed by atoms with Gasteiger partial charge in [0.2, 0.25) is 5.13 Å². The minimum atomic E-state index is 0.487. The van der Waals surface area contributed by atoms with Crippen LogP contribution in [0, 0.1) is 0 Å². The van der Waals surface area contributed by atoms with Gasteiger partial charge in [0.25, 0.3) is 0 Å². The van der Waals surface area contributed by atoms with Gasteiger partial charge < -0.3 is 10.2 Å². The Kier molecular flexibility index (Phi) is 5.17. The van der Waals surface area contributed by atoms with Gasteiger partial charge in [0.15, 0.2) is 5.82 Å². The first kappa shape index (κ1) is 16.3. The highest BCUT2D eigenvalue weighted by Crippen LogP contribution is 2.27. The summed E-state index contributed by atoms with van der Waals surface area (Å²) >= 11 is 1.56. The summed E-state index contributed by atoms with van der Waals surface area (Å²) < 4.78 is 0. The molecule has 1 N–H and O–H groups in total. The van der Waals surface area contributed by atoms with Crippen molar-refractivity contribution in [3.05, 3.63) is 23.1 Å². The van der Waals surface area contributed by atoms with Gasteiger partial charge in [0, 0.05) is 18.5 Å². The van der Waals surface area contributed by atoms with Gasteiger partial charge in [0.05, 0.1) is 18.1 Å². The second-order valence-corrected chi connectivity index (χ2v) is 7.30. The van der Waals surface area contributed by atoms with Crippen LogP contribution in [0.15, 0.2) is 12.4 Å². The summed E-state index contributed by atoms with van der Waals surface area (Å²) in [5.41, 5.74) is 1.09. The molecule has 3 heterocycles. The smallest absolute Gasteiger partial charge is 0.211 e. The highest BCUT2D eigenvalue weighted by atomic mass is 32.1. The fraction of sp³-hybridized carbons (Fsp3) is 0.625. The number of nitrogens with zero attached hydrogens (tertiary/aromatic N) is 5. The molecule has 124 valence electrons. The summed E-state index contributed by atoms with van der Waals surface area (Å²) in [7, 11) is 0. The van der Waals surface area contributed by atoms with E-state index in [0.29, 0.717) is 12.0 Å². The molecule has 1 aliphatic heterocycles. The van der Waals surface area contributed by atoms with E-state index in [4.69, 9.17) is 0 Å². The van der Waals surface area contributed by atoms with Crippen LogP contribution >= 0.6 is 11.3 Å². The van der Waals surface area contributed by atoms with Crippen molar-refractivity contribution in [3.8, 4) is 0 Å². The van der Waals surface area contributed by atoms with E-state index in [2.05, 4.69) is 51.2 Å². The fourth-order valence-corrected chi connectivity index (χ4v) is 3.57. The van der Waals surface area contributed by atoms with Crippen LogP contribution in [0.25, 0.3) is 0 Å². The molecule has 1 aliphatic rings. The van der Waals surface area contributed by atoms with E-state index in [1.165, 1.54) is 19.4 Å². The summed E-state index contributed by atoms with van der Waals surface area (Å²) in [5, 5.41) is 13.2. The van der Waals surface area contributed by atoms with E-state index in [9.17, 15) is 0 Å². The van der Waals surface area contributed by atoms with Gasteiger partial charge in [-0.1, -0.05) is 18.3 Å². The van der Waals surface area contributed by atoms with Crippen molar-refractivity contribution in [2.45, 2.75) is 52.0 Å². The molecular weight excluding hydrogens is 308 g/mol. The number of aromatic nitrogens is 4. The van der Waals surface area contributed by atoms with E-state index in [0.717, 1.165) is 34.6 Å². The summed E-state index contributed by atoms with van der Waals surface area (Å²) in [6.45, 7) is 8.86. The van der Waals surface area contributed by atoms with Crippen molar-refractivity contribution in [3.63, 3.8) is 0 Å². The molecule has 0 bridgehead atoms. The molecule has 0 aromatic carbocycles. The lowest BCUT2D eigenvalue weighted by Crippen LogP contribution is -2.39. The quantitative estimate of drug-likeness (QED) is 0.907. The molecule has 1 saturated heterocycles. The average Bonchev–Trinajstić information content (AvgIpc) is 3.03. The van der Waals surface area contributed by atoms with Crippen molar-refractivity contribution in [1.29, 1.82) is 0 Å². The molecule has 0 radical (unpaired) electrons. The predicted octanol–water partition coefficient (Wildman–Crippen LogP) is 3.22. The second kappa shape index (κ2) is 7.31. The van der Waals surface area contributed by atoms with Crippen LogP contribution in [0.1, 0.15) is 50.2 Å². The standard InChI is InChI=1S/C16H24N6S/c1-4-15-20-21-16(23-15)19-14-9-17-13(8-18-14)12-6-5-7-22(10-12)11(2)3/h8-9,11-12H,4-7,10H2,1-3H3,(H,18,19,21)/t12-/m1/s1. The molecule has 2 aromatic heterocycles. The lowest BCUT2D eigenvalue weighted by Gasteiger charge is -2.35. The van der Waals surface area contributed by atoms with Crippen molar-refractivity contribution in [2.75, 3.05) is 18.4 Å². The number of aryl methyl sites for hydroxylation is 1. The maximum absolute atomic E-state index is 4.62. The maximum atomic E-state index is 4.62. The van der Waals surface area contributed by atoms with Crippen LogP contribution in [-0.2, 0) is 6.42 Å². The lowest BCUT2D eigenvalue weighted by molar-refractivity contribution is 0.166. The normalized spacial score (nSPS) is 19.2. The molecule has 3 rings (SSSR count). The highest BCUT2D eigenvalue weighted by Gasteiger charge is 2.24. The van der Waals surface area contributed by atoms with Crippen LogP contribution in [-0.4, -0.2) is 44.2 Å². The number of hydrogen-bond donors (Lipinski definition) is 1. The molecule has 6 nitrogen and oxygen atoms in total. The fourth-order valence-electron chi connectivity index (χ4n) is 2.89. The molecule has 7 heteroatoms. The van der Waals surface area contributed by atoms with E-state index in [1.807, 2.05) is 6.20 Å². The Morgan fingerprint density at radius 1 is 1.30 bits per heavy atom. The van der Waals surface area contributed by atoms with Gasteiger partial charge in [-0.25, -0.2) is 4.98 Å². The third kappa shape index (κ3) is 4.03. The van der Waals surface area contributed by atoms with Crippen molar-refractivity contribution >= 4 is 22.3 Å². The first-order valence-electron chi connectivity index (χ1n) is 8.31. The Bertz CT molecular complexity index is 624. The van der Waals surface area contributed by atoms with E-state index >= 15 is 0 Å². The van der Waals surface area contributed by atoms with Crippen molar-refractivity contribution in [2.24, 2.45) is 0 Å². The number of piperidine rings is 1. The van der Waals surface area contributed by atoms with Gasteiger partial charge in [-0.2, -0.15) is 0 Å². The topological polar surface area (TPSA) is 66.8 Å². The maximum Gasteiger partial charge on any atom is 0.211 e. The molecule has 0 unspecified atom stereocenters. The van der Waals surface area contributed by atoms with Crippen molar-refractivity contribution < 1.29 is 0 Å². The van der Waals surface area contributed by atoms with Gasteiger partial charge in [-0.05, 0) is 39.7 Å². The second-order valence-electron chi connectivity index (χ2n) is 6.23. The molecule has 0 amide bonds. The SMILES string of the molecule is CCc1nnc(Nc2cnc([C@@H]3CCCN(C(C)C)C3)cn2)s1. The zero-order valence-corrected chi connectivity index (χ0v) is 14.8.